The molecule has 0 unspecified atom stereocenters. The smallest absolute Gasteiger partial charge is 0.261 e. The number of sulfone groups is 1. The van der Waals surface area contributed by atoms with Crippen molar-refractivity contribution in [1.29, 1.82) is 0 Å². The Morgan fingerprint density at radius 2 is 1.86 bits per heavy atom. The molecule has 1 amide bonds. The highest BCUT2D eigenvalue weighted by Crippen LogP contribution is 2.42. The molecule has 1 aliphatic rings. The van der Waals surface area contributed by atoms with Crippen LogP contribution in [0, 0.1) is 0 Å². The molecular formula is C21H28N2O3S2. The van der Waals surface area contributed by atoms with Crippen molar-refractivity contribution in [1.82, 2.24) is 10.2 Å². The van der Waals surface area contributed by atoms with Crippen molar-refractivity contribution in [3.8, 4) is 10.4 Å². The van der Waals surface area contributed by atoms with E-state index >= 15 is 0 Å². The molecule has 5 nitrogen and oxygen atoms in total. The van der Waals surface area contributed by atoms with Gasteiger partial charge in [-0.2, -0.15) is 0 Å². The van der Waals surface area contributed by atoms with Crippen LogP contribution in [0.1, 0.15) is 48.3 Å². The SMILES string of the molecule is CCCN(CCC)CCCNC(=O)c1cc2c(s1)-c1ccccc1S(=O)(=O)C2. The molecule has 28 heavy (non-hydrogen) atoms. The Bertz CT molecular complexity index is 929. The van der Waals surface area contributed by atoms with Crippen molar-refractivity contribution < 1.29 is 13.2 Å². The van der Waals surface area contributed by atoms with E-state index in [9.17, 15) is 13.2 Å². The first-order valence-corrected chi connectivity index (χ1v) is 12.4. The minimum atomic E-state index is -3.34. The van der Waals surface area contributed by atoms with E-state index < -0.39 is 9.84 Å². The molecule has 1 aromatic carbocycles. The summed E-state index contributed by atoms with van der Waals surface area (Å²) in [7, 11) is -3.34. The summed E-state index contributed by atoms with van der Waals surface area (Å²) in [6, 6.07) is 8.78. The lowest BCUT2D eigenvalue weighted by Gasteiger charge is -2.20. The van der Waals surface area contributed by atoms with Crippen LogP contribution < -0.4 is 5.32 Å². The lowest BCUT2D eigenvalue weighted by Crippen LogP contribution is -2.30. The van der Waals surface area contributed by atoms with Gasteiger partial charge in [0.15, 0.2) is 9.84 Å². The molecule has 2 aromatic rings. The molecule has 1 aliphatic heterocycles. The number of fused-ring (bicyclic) bond motifs is 3. The predicted octanol–water partition coefficient (Wildman–Crippen LogP) is 3.94. The topological polar surface area (TPSA) is 66.5 Å². The monoisotopic (exact) mass is 420 g/mol. The summed E-state index contributed by atoms with van der Waals surface area (Å²) in [5.74, 6) is -0.154. The molecule has 1 aromatic heterocycles. The van der Waals surface area contributed by atoms with Crippen LogP contribution in [0.5, 0.6) is 0 Å². The van der Waals surface area contributed by atoms with Crippen LogP contribution in [0.2, 0.25) is 0 Å². The largest absolute Gasteiger partial charge is 0.351 e. The molecule has 0 bridgehead atoms. The second kappa shape index (κ2) is 9.20. The Balaban J connectivity index is 1.64. The van der Waals surface area contributed by atoms with Gasteiger partial charge in [-0.1, -0.05) is 32.0 Å². The van der Waals surface area contributed by atoms with E-state index in [-0.39, 0.29) is 11.7 Å². The highest BCUT2D eigenvalue weighted by atomic mass is 32.2. The molecule has 0 saturated carbocycles. The van der Waals surface area contributed by atoms with Crippen molar-refractivity contribution in [3.05, 3.63) is 40.8 Å². The van der Waals surface area contributed by atoms with Crippen LogP contribution >= 0.6 is 11.3 Å². The van der Waals surface area contributed by atoms with Crippen LogP contribution in [0.4, 0.5) is 0 Å². The molecule has 0 saturated heterocycles. The Morgan fingerprint density at radius 3 is 2.57 bits per heavy atom. The summed E-state index contributed by atoms with van der Waals surface area (Å²) >= 11 is 1.38. The first-order chi connectivity index (χ1) is 13.5. The van der Waals surface area contributed by atoms with E-state index in [1.165, 1.54) is 11.3 Å². The quantitative estimate of drug-likeness (QED) is 0.624. The molecule has 1 N–H and O–H groups in total. The first-order valence-electron chi connectivity index (χ1n) is 9.91. The van der Waals surface area contributed by atoms with Crippen molar-refractivity contribution in [2.24, 2.45) is 0 Å². The molecule has 0 fully saturated rings. The minimum absolute atomic E-state index is 0.0356. The summed E-state index contributed by atoms with van der Waals surface area (Å²) < 4.78 is 25.0. The highest BCUT2D eigenvalue weighted by molar-refractivity contribution is 7.91. The van der Waals surface area contributed by atoms with E-state index in [4.69, 9.17) is 0 Å². The molecule has 152 valence electrons. The lowest BCUT2D eigenvalue weighted by atomic mass is 10.1. The van der Waals surface area contributed by atoms with Crippen LogP contribution in [0.25, 0.3) is 10.4 Å². The third-order valence-corrected chi connectivity index (χ3v) is 7.79. The second-order valence-electron chi connectivity index (χ2n) is 7.17. The number of rotatable bonds is 9. The summed E-state index contributed by atoms with van der Waals surface area (Å²) in [4.78, 5) is 16.8. The number of hydrogen-bond donors (Lipinski definition) is 1. The van der Waals surface area contributed by atoms with E-state index in [2.05, 4.69) is 24.1 Å². The van der Waals surface area contributed by atoms with Gasteiger partial charge in [0.05, 0.1) is 15.5 Å². The van der Waals surface area contributed by atoms with Gasteiger partial charge in [-0.05, 0) is 56.6 Å². The number of benzene rings is 1. The summed E-state index contributed by atoms with van der Waals surface area (Å²) in [5.41, 5.74) is 1.44. The zero-order chi connectivity index (χ0) is 20.1. The first kappa shape index (κ1) is 21.0. The van der Waals surface area contributed by atoms with Gasteiger partial charge < -0.3 is 10.2 Å². The maximum absolute atomic E-state index is 12.6. The fourth-order valence-corrected chi connectivity index (χ4v) is 6.52. The molecular weight excluding hydrogens is 392 g/mol. The van der Waals surface area contributed by atoms with Crippen LogP contribution in [0.15, 0.2) is 35.2 Å². The fourth-order valence-electron chi connectivity index (χ4n) is 3.64. The number of thiophene rings is 1. The number of hydrogen-bond acceptors (Lipinski definition) is 5. The average molecular weight is 421 g/mol. The molecule has 2 heterocycles. The Kier molecular flexibility index (Phi) is 6.91. The number of carbonyl (C=O) groups excluding carboxylic acids is 1. The van der Waals surface area contributed by atoms with E-state index in [0.717, 1.165) is 49.3 Å². The van der Waals surface area contributed by atoms with Gasteiger partial charge in [0.2, 0.25) is 0 Å². The zero-order valence-corrected chi connectivity index (χ0v) is 18.2. The Labute approximate surface area is 171 Å². The molecule has 7 heteroatoms. The van der Waals surface area contributed by atoms with Gasteiger partial charge in [0.25, 0.3) is 5.91 Å². The van der Waals surface area contributed by atoms with Crippen LogP contribution in [0.3, 0.4) is 0 Å². The second-order valence-corrected chi connectivity index (χ2v) is 10.2. The van der Waals surface area contributed by atoms with Crippen molar-refractivity contribution in [2.45, 2.75) is 43.8 Å². The standard InChI is InChI=1S/C21H28N2O3S2/c1-3-11-23(12-4-2)13-7-10-22-21(24)18-14-16-15-28(25,26)19-9-6-5-8-17(19)20(16)27-18/h5-6,8-9,14H,3-4,7,10-13,15H2,1-2H3,(H,22,24). The average Bonchev–Trinajstić information content (AvgIpc) is 3.09. The lowest BCUT2D eigenvalue weighted by molar-refractivity contribution is 0.0955. The molecule has 0 aliphatic carbocycles. The zero-order valence-electron chi connectivity index (χ0n) is 16.5. The van der Waals surface area contributed by atoms with Gasteiger partial charge in [0.1, 0.15) is 0 Å². The third kappa shape index (κ3) is 4.64. The maximum atomic E-state index is 12.6. The summed E-state index contributed by atoms with van der Waals surface area (Å²) in [6.07, 6.45) is 3.18. The Morgan fingerprint density at radius 1 is 1.14 bits per heavy atom. The van der Waals surface area contributed by atoms with Crippen molar-refractivity contribution in [3.63, 3.8) is 0 Å². The Hall–Kier alpha value is -1.70. The molecule has 0 spiro atoms. The van der Waals surface area contributed by atoms with Crippen LogP contribution in [-0.2, 0) is 15.6 Å². The number of carbonyl (C=O) groups is 1. The van der Waals surface area contributed by atoms with Crippen molar-refractivity contribution >= 4 is 27.1 Å². The highest BCUT2D eigenvalue weighted by Gasteiger charge is 2.30. The van der Waals surface area contributed by atoms with Gasteiger partial charge in [-0.25, -0.2) is 8.42 Å². The molecule has 0 radical (unpaired) electrons. The third-order valence-electron chi connectivity index (χ3n) is 4.86. The maximum Gasteiger partial charge on any atom is 0.261 e. The van der Waals surface area contributed by atoms with E-state index in [1.54, 1.807) is 18.2 Å². The number of nitrogens with one attached hydrogen (secondary N) is 1. The molecule has 0 atom stereocenters. The van der Waals surface area contributed by atoms with Gasteiger partial charge >= 0.3 is 0 Å². The predicted molar refractivity (Wildman–Crippen MR) is 115 cm³/mol. The van der Waals surface area contributed by atoms with Gasteiger partial charge in [-0.3, -0.25) is 4.79 Å². The minimum Gasteiger partial charge on any atom is -0.351 e. The normalized spacial score (nSPS) is 14.5. The fraction of sp³-hybridized carbons (Fsp3) is 0.476. The van der Waals surface area contributed by atoms with Gasteiger partial charge in [0, 0.05) is 17.0 Å². The van der Waals surface area contributed by atoms with Crippen LogP contribution in [-0.4, -0.2) is 45.4 Å². The summed E-state index contributed by atoms with van der Waals surface area (Å²) in [6.45, 7) is 8.15. The number of amides is 1. The van der Waals surface area contributed by atoms with Gasteiger partial charge in [-0.15, -0.1) is 11.3 Å². The number of nitrogens with zero attached hydrogens (tertiary/aromatic N) is 1. The van der Waals surface area contributed by atoms with E-state index in [0.29, 0.717) is 21.9 Å². The van der Waals surface area contributed by atoms with Crippen molar-refractivity contribution in [2.75, 3.05) is 26.2 Å². The molecule has 3 rings (SSSR count). The summed E-state index contributed by atoms with van der Waals surface area (Å²) in [5, 5.41) is 2.99. The van der Waals surface area contributed by atoms with E-state index in [1.807, 2.05) is 12.1 Å².